The molecule has 3 aromatic rings. The van der Waals surface area contributed by atoms with Gasteiger partial charge in [0.1, 0.15) is 0 Å². The first kappa shape index (κ1) is 21.1. The Hall–Kier alpha value is -3.17. The van der Waals surface area contributed by atoms with Crippen molar-refractivity contribution in [2.24, 2.45) is 7.05 Å². The van der Waals surface area contributed by atoms with Crippen molar-refractivity contribution in [1.82, 2.24) is 29.8 Å². The quantitative estimate of drug-likeness (QED) is 0.612. The molecule has 9 nitrogen and oxygen atoms in total. The van der Waals surface area contributed by atoms with Gasteiger partial charge in [0, 0.05) is 63.8 Å². The fraction of sp³-hybridized carbons (Fsp3) is 0.409. The molecule has 0 bridgehead atoms. The largest absolute Gasteiger partial charge is 0.503 e. The zero-order valence-corrected chi connectivity index (χ0v) is 18.2. The first-order valence-electron chi connectivity index (χ1n) is 10.5. The average molecular weight is 424 g/mol. The van der Waals surface area contributed by atoms with E-state index in [1.807, 2.05) is 24.7 Å². The van der Waals surface area contributed by atoms with Crippen molar-refractivity contribution < 1.29 is 5.11 Å². The average Bonchev–Trinajstić information content (AvgIpc) is 3.24. The van der Waals surface area contributed by atoms with Gasteiger partial charge in [0.25, 0.3) is 0 Å². The molecule has 1 aliphatic rings. The Morgan fingerprint density at radius 3 is 2.42 bits per heavy atom. The number of rotatable bonds is 6. The predicted molar refractivity (Wildman–Crippen MR) is 120 cm³/mol. The van der Waals surface area contributed by atoms with Gasteiger partial charge in [0.05, 0.1) is 23.3 Å². The number of nitrogens with one attached hydrogen (secondary N) is 1. The SMILES string of the molecule is Cc1cc(=O)c(O)c(CNCc2cn(-c3ccc(N4CCN(C)CC4)cc3)nn2)n1C. The van der Waals surface area contributed by atoms with E-state index >= 15 is 0 Å². The van der Waals surface area contributed by atoms with Crippen molar-refractivity contribution in [1.29, 1.82) is 0 Å². The lowest BCUT2D eigenvalue weighted by Crippen LogP contribution is -2.44. The van der Waals surface area contributed by atoms with Crippen LogP contribution in [0, 0.1) is 6.92 Å². The molecular formula is C22H29N7O2. The van der Waals surface area contributed by atoms with Crippen molar-refractivity contribution in [2.45, 2.75) is 20.0 Å². The van der Waals surface area contributed by atoms with Gasteiger partial charge in [-0.2, -0.15) is 0 Å². The van der Waals surface area contributed by atoms with E-state index in [4.69, 9.17) is 0 Å². The highest BCUT2D eigenvalue weighted by molar-refractivity contribution is 5.51. The summed E-state index contributed by atoms with van der Waals surface area (Å²) < 4.78 is 3.56. The molecule has 9 heteroatoms. The number of aromatic nitrogens is 4. The maximum absolute atomic E-state index is 11.8. The molecule has 1 aromatic carbocycles. The molecule has 164 valence electrons. The van der Waals surface area contributed by atoms with Crippen LogP contribution in [-0.2, 0) is 20.1 Å². The number of aromatic hydroxyl groups is 1. The Balaban J connectivity index is 1.37. The smallest absolute Gasteiger partial charge is 0.223 e. The highest BCUT2D eigenvalue weighted by atomic mass is 16.3. The van der Waals surface area contributed by atoms with Gasteiger partial charge in [-0.25, -0.2) is 4.68 Å². The molecule has 0 spiro atoms. The number of hydrogen-bond acceptors (Lipinski definition) is 7. The van der Waals surface area contributed by atoms with Crippen LogP contribution < -0.4 is 15.6 Å². The maximum Gasteiger partial charge on any atom is 0.223 e. The van der Waals surface area contributed by atoms with E-state index in [0.717, 1.165) is 43.3 Å². The van der Waals surface area contributed by atoms with E-state index in [1.54, 1.807) is 4.68 Å². The summed E-state index contributed by atoms with van der Waals surface area (Å²) in [5.74, 6) is -0.218. The molecule has 1 saturated heterocycles. The lowest BCUT2D eigenvalue weighted by Gasteiger charge is -2.34. The fourth-order valence-corrected chi connectivity index (χ4v) is 3.77. The summed E-state index contributed by atoms with van der Waals surface area (Å²) >= 11 is 0. The number of aryl methyl sites for hydroxylation is 1. The van der Waals surface area contributed by atoms with E-state index in [0.29, 0.717) is 18.8 Å². The number of piperazine rings is 1. The highest BCUT2D eigenvalue weighted by Gasteiger charge is 2.14. The summed E-state index contributed by atoms with van der Waals surface area (Å²) in [7, 11) is 3.98. The lowest BCUT2D eigenvalue weighted by molar-refractivity contribution is 0.313. The van der Waals surface area contributed by atoms with Gasteiger partial charge in [-0.3, -0.25) is 4.79 Å². The lowest BCUT2D eigenvalue weighted by atomic mass is 10.2. The summed E-state index contributed by atoms with van der Waals surface area (Å²) in [6.07, 6.45) is 1.88. The second-order valence-corrected chi connectivity index (χ2v) is 8.07. The minimum absolute atomic E-state index is 0.218. The van der Waals surface area contributed by atoms with E-state index < -0.39 is 0 Å². The molecule has 0 amide bonds. The molecule has 4 rings (SSSR count). The number of nitrogens with zero attached hydrogens (tertiary/aromatic N) is 6. The molecule has 0 atom stereocenters. The molecule has 1 fully saturated rings. The highest BCUT2D eigenvalue weighted by Crippen LogP contribution is 2.19. The summed E-state index contributed by atoms with van der Waals surface area (Å²) in [4.78, 5) is 16.6. The maximum atomic E-state index is 11.8. The molecule has 2 N–H and O–H groups in total. The summed E-state index contributed by atoms with van der Waals surface area (Å²) in [5.41, 5.74) is 3.94. The van der Waals surface area contributed by atoms with Crippen LogP contribution in [-0.4, -0.2) is 62.8 Å². The van der Waals surface area contributed by atoms with Crippen LogP contribution in [0.5, 0.6) is 5.75 Å². The topological polar surface area (TPSA) is 91.4 Å². The number of pyridine rings is 1. The Kier molecular flexibility index (Phi) is 6.06. The number of hydrogen-bond donors (Lipinski definition) is 2. The zero-order chi connectivity index (χ0) is 22.0. The summed E-state index contributed by atoms with van der Waals surface area (Å²) in [6.45, 7) is 6.90. The molecule has 0 unspecified atom stereocenters. The van der Waals surface area contributed by atoms with Gasteiger partial charge in [-0.05, 0) is 38.2 Å². The predicted octanol–water partition coefficient (Wildman–Crippen LogP) is 1.02. The third-order valence-corrected chi connectivity index (χ3v) is 5.90. The van der Waals surface area contributed by atoms with Crippen LogP contribution in [0.25, 0.3) is 5.69 Å². The fourth-order valence-electron chi connectivity index (χ4n) is 3.77. The van der Waals surface area contributed by atoms with E-state index in [9.17, 15) is 9.90 Å². The number of likely N-dealkylation sites (N-methyl/N-ethyl adjacent to an activating group) is 1. The van der Waals surface area contributed by atoms with Gasteiger partial charge in [-0.15, -0.1) is 5.10 Å². The summed E-state index contributed by atoms with van der Waals surface area (Å²) in [5, 5.41) is 21.8. The standard InChI is InChI=1S/C22H29N7O2/c1-16-12-21(30)22(31)20(27(16)3)14-23-13-17-15-29(25-24-17)19-6-4-18(5-7-19)28-10-8-26(2)9-11-28/h4-7,12,15,23,31H,8-11,13-14H2,1-3H3. The van der Waals surface area contributed by atoms with Crippen LogP contribution in [0.2, 0.25) is 0 Å². The molecule has 0 aliphatic carbocycles. The molecule has 1 aliphatic heterocycles. The van der Waals surface area contributed by atoms with E-state index in [1.165, 1.54) is 11.8 Å². The van der Waals surface area contributed by atoms with E-state index in [-0.39, 0.29) is 11.2 Å². The molecule has 0 saturated carbocycles. The third kappa shape index (κ3) is 4.62. The second kappa shape index (κ2) is 8.91. The van der Waals surface area contributed by atoms with Gasteiger partial charge in [0.2, 0.25) is 5.43 Å². The second-order valence-electron chi connectivity index (χ2n) is 8.07. The normalized spacial score (nSPS) is 14.9. The Morgan fingerprint density at radius 1 is 1.03 bits per heavy atom. The van der Waals surface area contributed by atoms with Crippen LogP contribution in [0.15, 0.2) is 41.3 Å². The minimum atomic E-state index is -0.363. The van der Waals surface area contributed by atoms with Crippen LogP contribution in [0.4, 0.5) is 5.69 Å². The number of benzene rings is 1. The Bertz CT molecular complexity index is 1100. The first-order valence-corrected chi connectivity index (χ1v) is 10.5. The molecule has 0 radical (unpaired) electrons. The zero-order valence-electron chi connectivity index (χ0n) is 18.2. The van der Waals surface area contributed by atoms with E-state index in [2.05, 4.69) is 56.7 Å². The van der Waals surface area contributed by atoms with Crippen molar-refractivity contribution in [3.63, 3.8) is 0 Å². The van der Waals surface area contributed by atoms with Crippen molar-refractivity contribution in [3.8, 4) is 11.4 Å². The monoisotopic (exact) mass is 423 g/mol. The molecular weight excluding hydrogens is 394 g/mol. The minimum Gasteiger partial charge on any atom is -0.503 e. The van der Waals surface area contributed by atoms with Crippen LogP contribution >= 0.6 is 0 Å². The van der Waals surface area contributed by atoms with Gasteiger partial charge in [-0.1, -0.05) is 5.21 Å². The van der Waals surface area contributed by atoms with Gasteiger partial charge >= 0.3 is 0 Å². The van der Waals surface area contributed by atoms with Crippen LogP contribution in [0.1, 0.15) is 17.1 Å². The molecule has 3 heterocycles. The van der Waals surface area contributed by atoms with Crippen molar-refractivity contribution >= 4 is 5.69 Å². The molecule has 31 heavy (non-hydrogen) atoms. The Morgan fingerprint density at radius 2 is 1.71 bits per heavy atom. The Labute approximate surface area is 181 Å². The van der Waals surface area contributed by atoms with Crippen molar-refractivity contribution in [2.75, 3.05) is 38.1 Å². The molecule has 2 aromatic heterocycles. The van der Waals surface area contributed by atoms with Gasteiger partial charge in [0.15, 0.2) is 5.75 Å². The third-order valence-electron chi connectivity index (χ3n) is 5.90. The first-order chi connectivity index (χ1) is 14.9. The van der Waals surface area contributed by atoms with Gasteiger partial charge < -0.3 is 24.8 Å². The summed E-state index contributed by atoms with van der Waals surface area (Å²) in [6, 6.07) is 9.79. The van der Waals surface area contributed by atoms with Crippen LogP contribution in [0.3, 0.4) is 0 Å². The van der Waals surface area contributed by atoms with Crippen molar-refractivity contribution in [3.05, 3.63) is 63.8 Å². The number of anilines is 1.